The summed E-state index contributed by atoms with van der Waals surface area (Å²) in [4.78, 5) is 30.3. The van der Waals surface area contributed by atoms with E-state index < -0.39 is 0 Å². The molecule has 1 saturated heterocycles. The minimum atomic E-state index is -0.0218. The summed E-state index contributed by atoms with van der Waals surface area (Å²) in [6.07, 6.45) is 2.64. The lowest BCUT2D eigenvalue weighted by atomic mass is 9.84. The van der Waals surface area contributed by atoms with Gasteiger partial charge >= 0.3 is 0 Å². The Bertz CT molecular complexity index is 824. The Hall–Kier alpha value is -2.01. The number of aromatic nitrogens is 1. The van der Waals surface area contributed by atoms with Crippen LogP contribution in [0.25, 0.3) is 10.9 Å². The lowest BCUT2D eigenvalue weighted by Gasteiger charge is -2.34. The molecule has 1 aliphatic heterocycles. The summed E-state index contributed by atoms with van der Waals surface area (Å²) in [5.41, 5.74) is 1.50. The summed E-state index contributed by atoms with van der Waals surface area (Å²) in [5.74, 6) is 0.435. The predicted molar refractivity (Wildman–Crippen MR) is 109 cm³/mol. The molecule has 0 unspecified atom stereocenters. The fourth-order valence-electron chi connectivity index (χ4n) is 3.68. The predicted octanol–water partition coefficient (Wildman–Crippen LogP) is 4.22. The van der Waals surface area contributed by atoms with Crippen LogP contribution < -0.4 is 5.32 Å². The number of likely N-dealkylation sites (tertiary alicyclic amines) is 1. The maximum absolute atomic E-state index is 12.8. The van der Waals surface area contributed by atoms with Gasteiger partial charge in [0.15, 0.2) is 0 Å². The summed E-state index contributed by atoms with van der Waals surface area (Å²) < 4.78 is 0. The van der Waals surface area contributed by atoms with E-state index in [0.29, 0.717) is 29.7 Å². The van der Waals surface area contributed by atoms with Crippen molar-refractivity contribution in [3.8, 4) is 0 Å². The second-order valence-electron chi connectivity index (χ2n) is 7.65. The highest BCUT2D eigenvalue weighted by molar-refractivity contribution is 6.31. The van der Waals surface area contributed by atoms with Gasteiger partial charge in [-0.25, -0.2) is 0 Å². The fourth-order valence-corrected chi connectivity index (χ4v) is 3.86. The Morgan fingerprint density at radius 2 is 1.96 bits per heavy atom. The molecule has 0 radical (unpaired) electrons. The fraction of sp³-hybridized carbons (Fsp3) is 0.524. The number of carbonyl (C=O) groups excluding carboxylic acids is 2. The van der Waals surface area contributed by atoms with Crippen molar-refractivity contribution in [2.24, 2.45) is 11.8 Å². The standard InChI is InChI=1S/C21H28ClN3O2/c1-4-13(2)23-20(26)14(3)15-7-9-25(10-8-15)21(27)19-12-16-11-17(22)5-6-18(16)24-19/h5-6,11-15,24H,4,7-10H2,1-3H3,(H,23,26)/t13-,14+/m1/s1. The second kappa shape index (κ2) is 8.34. The molecule has 1 aliphatic rings. The van der Waals surface area contributed by atoms with Gasteiger partial charge in [0, 0.05) is 41.0 Å². The van der Waals surface area contributed by atoms with Gasteiger partial charge in [0.2, 0.25) is 5.91 Å². The van der Waals surface area contributed by atoms with Gasteiger partial charge in [0.25, 0.3) is 5.91 Å². The first kappa shape index (κ1) is 19.7. The van der Waals surface area contributed by atoms with E-state index in [4.69, 9.17) is 11.6 Å². The van der Waals surface area contributed by atoms with Crippen molar-refractivity contribution in [3.05, 3.63) is 35.0 Å². The maximum atomic E-state index is 12.8. The number of H-pyrrole nitrogens is 1. The van der Waals surface area contributed by atoms with Crippen LogP contribution in [0.15, 0.2) is 24.3 Å². The molecule has 0 aliphatic carbocycles. The molecule has 6 heteroatoms. The number of nitrogens with one attached hydrogen (secondary N) is 2. The number of piperidine rings is 1. The molecule has 1 aromatic heterocycles. The van der Waals surface area contributed by atoms with E-state index in [9.17, 15) is 9.59 Å². The largest absolute Gasteiger partial charge is 0.353 e. The van der Waals surface area contributed by atoms with Crippen molar-refractivity contribution in [1.29, 1.82) is 0 Å². The average Bonchev–Trinajstić information content (AvgIpc) is 3.09. The summed E-state index contributed by atoms with van der Waals surface area (Å²) >= 11 is 6.03. The van der Waals surface area contributed by atoms with Crippen molar-refractivity contribution in [1.82, 2.24) is 15.2 Å². The summed E-state index contributed by atoms with van der Waals surface area (Å²) in [6.45, 7) is 7.46. The van der Waals surface area contributed by atoms with Crippen LogP contribution in [-0.2, 0) is 4.79 Å². The first-order valence-corrected chi connectivity index (χ1v) is 10.1. The van der Waals surface area contributed by atoms with E-state index in [1.807, 2.05) is 43.0 Å². The van der Waals surface area contributed by atoms with Crippen LogP contribution in [0.1, 0.15) is 50.5 Å². The summed E-state index contributed by atoms with van der Waals surface area (Å²) in [7, 11) is 0. The Labute approximate surface area is 165 Å². The van der Waals surface area contributed by atoms with E-state index in [2.05, 4.69) is 17.2 Å². The van der Waals surface area contributed by atoms with Crippen LogP contribution in [0.4, 0.5) is 0 Å². The van der Waals surface area contributed by atoms with Crippen molar-refractivity contribution in [2.45, 2.75) is 46.1 Å². The average molecular weight is 390 g/mol. The van der Waals surface area contributed by atoms with Crippen molar-refractivity contribution >= 4 is 34.3 Å². The third kappa shape index (κ3) is 4.46. The van der Waals surface area contributed by atoms with Gasteiger partial charge in [-0.15, -0.1) is 0 Å². The molecule has 27 heavy (non-hydrogen) atoms. The summed E-state index contributed by atoms with van der Waals surface area (Å²) in [5, 5.41) is 4.67. The highest BCUT2D eigenvalue weighted by Gasteiger charge is 2.30. The van der Waals surface area contributed by atoms with Gasteiger partial charge in [0.05, 0.1) is 0 Å². The van der Waals surface area contributed by atoms with E-state index in [0.717, 1.165) is 30.2 Å². The van der Waals surface area contributed by atoms with Gasteiger partial charge in [-0.2, -0.15) is 0 Å². The molecule has 2 heterocycles. The Morgan fingerprint density at radius 1 is 1.26 bits per heavy atom. The normalized spacial score (nSPS) is 17.7. The SMILES string of the molecule is CC[C@@H](C)NC(=O)[C@@H](C)C1CCN(C(=O)c2cc3cc(Cl)ccc3[nH]2)CC1. The van der Waals surface area contributed by atoms with Gasteiger partial charge in [-0.3, -0.25) is 9.59 Å². The number of fused-ring (bicyclic) bond motifs is 1. The van der Waals surface area contributed by atoms with Gasteiger partial charge < -0.3 is 15.2 Å². The Balaban J connectivity index is 1.59. The van der Waals surface area contributed by atoms with Crippen molar-refractivity contribution < 1.29 is 9.59 Å². The van der Waals surface area contributed by atoms with Crippen LogP contribution in [0.2, 0.25) is 5.02 Å². The summed E-state index contributed by atoms with van der Waals surface area (Å²) in [6, 6.07) is 7.62. The third-order valence-electron chi connectivity index (χ3n) is 5.76. The molecule has 2 atom stereocenters. The number of amides is 2. The van der Waals surface area contributed by atoms with E-state index in [1.54, 1.807) is 0 Å². The Kier molecular flexibility index (Phi) is 6.10. The zero-order valence-corrected chi connectivity index (χ0v) is 17.0. The molecule has 2 N–H and O–H groups in total. The first-order chi connectivity index (χ1) is 12.9. The van der Waals surface area contributed by atoms with Crippen molar-refractivity contribution in [2.75, 3.05) is 13.1 Å². The minimum absolute atomic E-state index is 0.0116. The number of aromatic amines is 1. The highest BCUT2D eigenvalue weighted by Crippen LogP contribution is 2.27. The number of halogens is 1. The van der Waals surface area contributed by atoms with Crippen LogP contribution >= 0.6 is 11.6 Å². The topological polar surface area (TPSA) is 65.2 Å². The molecular weight excluding hydrogens is 362 g/mol. The van der Waals surface area contributed by atoms with E-state index in [-0.39, 0.29) is 23.8 Å². The zero-order chi connectivity index (χ0) is 19.6. The monoisotopic (exact) mass is 389 g/mol. The minimum Gasteiger partial charge on any atom is -0.353 e. The lowest BCUT2D eigenvalue weighted by Crippen LogP contribution is -2.44. The number of nitrogens with zero attached hydrogens (tertiary/aromatic N) is 1. The molecule has 0 bridgehead atoms. The van der Waals surface area contributed by atoms with Gasteiger partial charge in [0.1, 0.15) is 5.69 Å². The van der Waals surface area contributed by atoms with E-state index >= 15 is 0 Å². The van der Waals surface area contributed by atoms with E-state index in [1.165, 1.54) is 0 Å². The maximum Gasteiger partial charge on any atom is 0.270 e. The molecule has 5 nitrogen and oxygen atoms in total. The molecular formula is C21H28ClN3O2. The molecule has 1 fully saturated rings. The molecule has 0 spiro atoms. The number of hydrogen-bond donors (Lipinski definition) is 2. The third-order valence-corrected chi connectivity index (χ3v) is 6.00. The zero-order valence-electron chi connectivity index (χ0n) is 16.2. The van der Waals surface area contributed by atoms with Crippen LogP contribution in [0.5, 0.6) is 0 Å². The van der Waals surface area contributed by atoms with Crippen LogP contribution in [0.3, 0.4) is 0 Å². The number of benzene rings is 1. The van der Waals surface area contributed by atoms with Crippen LogP contribution in [-0.4, -0.2) is 40.8 Å². The van der Waals surface area contributed by atoms with Gasteiger partial charge in [-0.05, 0) is 56.4 Å². The molecule has 146 valence electrons. The first-order valence-electron chi connectivity index (χ1n) is 9.77. The second-order valence-corrected chi connectivity index (χ2v) is 8.09. The molecule has 1 aromatic carbocycles. The molecule has 3 rings (SSSR count). The van der Waals surface area contributed by atoms with Crippen LogP contribution in [0, 0.1) is 11.8 Å². The quantitative estimate of drug-likeness (QED) is 0.803. The van der Waals surface area contributed by atoms with Gasteiger partial charge in [-0.1, -0.05) is 25.4 Å². The number of rotatable bonds is 5. The Morgan fingerprint density at radius 3 is 2.63 bits per heavy atom. The molecule has 0 saturated carbocycles. The van der Waals surface area contributed by atoms with Crippen molar-refractivity contribution in [3.63, 3.8) is 0 Å². The highest BCUT2D eigenvalue weighted by atomic mass is 35.5. The smallest absolute Gasteiger partial charge is 0.270 e. The number of carbonyl (C=O) groups is 2. The molecule has 2 aromatic rings. The number of hydrogen-bond acceptors (Lipinski definition) is 2. The molecule has 2 amide bonds. The lowest BCUT2D eigenvalue weighted by molar-refractivity contribution is -0.127.